The Balaban J connectivity index is 0.000000171. The third-order valence-corrected chi connectivity index (χ3v) is 2.73. The van der Waals surface area contributed by atoms with Crippen molar-refractivity contribution in [3.05, 3.63) is 70.7 Å². The van der Waals surface area contributed by atoms with Crippen molar-refractivity contribution in [2.24, 2.45) is 0 Å². The van der Waals surface area contributed by atoms with Crippen molar-refractivity contribution in [1.29, 1.82) is 0 Å². The van der Waals surface area contributed by atoms with Crippen LogP contribution in [0, 0.1) is 6.92 Å². The average Bonchev–Trinajstić information content (AvgIpc) is 2.35. The monoisotopic (exact) mass is 246 g/mol. The molecule has 0 spiro atoms. The lowest BCUT2D eigenvalue weighted by molar-refractivity contribution is 0.867. The van der Waals surface area contributed by atoms with Crippen molar-refractivity contribution in [2.75, 3.05) is 0 Å². The van der Waals surface area contributed by atoms with Crippen LogP contribution in [0.1, 0.15) is 30.9 Å². The first-order chi connectivity index (χ1) is 8.09. The molecule has 0 saturated heterocycles. The van der Waals surface area contributed by atoms with Crippen LogP contribution >= 0.6 is 11.6 Å². The molecule has 0 nitrogen and oxygen atoms in total. The first-order valence-electron chi connectivity index (χ1n) is 5.86. The third-order valence-electron chi connectivity index (χ3n) is 2.48. The maximum absolute atomic E-state index is 5.61. The topological polar surface area (TPSA) is 0 Å². The van der Waals surface area contributed by atoms with Gasteiger partial charge in [0.15, 0.2) is 0 Å². The molecule has 0 aliphatic carbocycles. The summed E-state index contributed by atoms with van der Waals surface area (Å²) in [4.78, 5) is 0. The van der Waals surface area contributed by atoms with Gasteiger partial charge < -0.3 is 0 Å². The van der Waals surface area contributed by atoms with Crippen LogP contribution in [0.3, 0.4) is 0 Å². The van der Waals surface area contributed by atoms with E-state index in [-0.39, 0.29) is 0 Å². The van der Waals surface area contributed by atoms with Crippen molar-refractivity contribution in [3.8, 4) is 0 Å². The van der Waals surface area contributed by atoms with E-state index in [1.807, 2.05) is 37.3 Å². The molecular formula is C16H19Cl. The standard InChI is InChI=1S/C9H12.C7H7Cl/c1-8(2)9-6-4-3-5-7-9;1-6-2-4-7(8)5-3-6/h3-8H,1-2H3;2-5H,1H3. The van der Waals surface area contributed by atoms with Gasteiger partial charge in [0.2, 0.25) is 0 Å². The normalized spacial score (nSPS) is 9.71. The van der Waals surface area contributed by atoms with Crippen molar-refractivity contribution in [3.63, 3.8) is 0 Å². The summed E-state index contributed by atoms with van der Waals surface area (Å²) < 4.78 is 0. The predicted octanol–water partition coefficient (Wildman–Crippen LogP) is 5.46. The fraction of sp³-hybridized carbons (Fsp3) is 0.250. The lowest BCUT2D eigenvalue weighted by Crippen LogP contribution is -1.83. The number of benzene rings is 2. The molecule has 0 heterocycles. The van der Waals surface area contributed by atoms with Gasteiger partial charge in [-0.1, -0.05) is 73.5 Å². The molecule has 0 aromatic heterocycles. The number of hydrogen-bond acceptors (Lipinski definition) is 0. The van der Waals surface area contributed by atoms with Crippen molar-refractivity contribution in [2.45, 2.75) is 26.7 Å². The molecule has 2 aromatic carbocycles. The van der Waals surface area contributed by atoms with Crippen LogP contribution in [0.2, 0.25) is 5.02 Å². The van der Waals surface area contributed by atoms with Crippen molar-refractivity contribution in [1.82, 2.24) is 0 Å². The van der Waals surface area contributed by atoms with Crippen LogP contribution in [-0.2, 0) is 0 Å². The summed E-state index contributed by atoms with van der Waals surface area (Å²) in [6.45, 7) is 6.45. The molecule has 90 valence electrons. The molecule has 0 saturated carbocycles. The summed E-state index contributed by atoms with van der Waals surface area (Å²) in [5, 5.41) is 0.801. The highest BCUT2D eigenvalue weighted by Crippen LogP contribution is 2.11. The Morgan fingerprint density at radius 3 is 1.71 bits per heavy atom. The van der Waals surface area contributed by atoms with Gasteiger partial charge in [-0.2, -0.15) is 0 Å². The van der Waals surface area contributed by atoms with E-state index < -0.39 is 0 Å². The van der Waals surface area contributed by atoms with E-state index in [2.05, 4.69) is 38.1 Å². The maximum atomic E-state index is 5.61. The highest BCUT2D eigenvalue weighted by molar-refractivity contribution is 6.30. The predicted molar refractivity (Wildman–Crippen MR) is 76.7 cm³/mol. The zero-order valence-corrected chi connectivity index (χ0v) is 11.4. The molecular weight excluding hydrogens is 228 g/mol. The summed E-state index contributed by atoms with van der Waals surface area (Å²) in [6.07, 6.45) is 0. The number of hydrogen-bond donors (Lipinski definition) is 0. The van der Waals surface area contributed by atoms with Gasteiger partial charge in [-0.15, -0.1) is 0 Å². The minimum atomic E-state index is 0.659. The first-order valence-corrected chi connectivity index (χ1v) is 6.24. The van der Waals surface area contributed by atoms with Crippen LogP contribution in [0.25, 0.3) is 0 Å². The highest BCUT2D eigenvalue weighted by Gasteiger charge is 1.93. The summed E-state index contributed by atoms with van der Waals surface area (Å²) in [6, 6.07) is 18.3. The molecule has 2 aromatic rings. The quantitative estimate of drug-likeness (QED) is 0.627. The zero-order valence-electron chi connectivity index (χ0n) is 10.7. The van der Waals surface area contributed by atoms with Gasteiger partial charge in [0.05, 0.1) is 0 Å². The van der Waals surface area contributed by atoms with Gasteiger partial charge in [0.1, 0.15) is 0 Å². The summed E-state index contributed by atoms with van der Waals surface area (Å²) in [5.41, 5.74) is 2.66. The SMILES string of the molecule is CC(C)c1ccccc1.Cc1ccc(Cl)cc1. The smallest absolute Gasteiger partial charge is 0.0406 e. The first kappa shape index (κ1) is 13.8. The number of aryl methyl sites for hydroxylation is 1. The highest BCUT2D eigenvalue weighted by atomic mass is 35.5. The van der Waals surface area contributed by atoms with Crippen molar-refractivity contribution < 1.29 is 0 Å². The Kier molecular flexibility index (Phi) is 5.79. The molecule has 0 aliphatic heterocycles. The van der Waals surface area contributed by atoms with E-state index in [9.17, 15) is 0 Å². The largest absolute Gasteiger partial charge is 0.0843 e. The van der Waals surface area contributed by atoms with E-state index in [1.165, 1.54) is 11.1 Å². The third kappa shape index (κ3) is 5.55. The van der Waals surface area contributed by atoms with E-state index in [1.54, 1.807) is 0 Å². The maximum Gasteiger partial charge on any atom is 0.0406 e. The lowest BCUT2D eigenvalue weighted by Gasteiger charge is -2.01. The second kappa shape index (κ2) is 7.13. The van der Waals surface area contributed by atoms with E-state index in [0.29, 0.717) is 5.92 Å². The molecule has 1 heteroatoms. The second-order valence-electron chi connectivity index (χ2n) is 4.36. The minimum absolute atomic E-state index is 0.659. The Bertz CT molecular complexity index is 394. The van der Waals surface area contributed by atoms with Gasteiger partial charge in [-0.3, -0.25) is 0 Å². The molecule has 0 atom stereocenters. The molecule has 2 rings (SSSR count). The summed E-state index contributed by atoms with van der Waals surface area (Å²) >= 11 is 5.61. The van der Waals surface area contributed by atoms with Gasteiger partial charge in [0, 0.05) is 5.02 Å². The Hall–Kier alpha value is -1.27. The molecule has 0 N–H and O–H groups in total. The van der Waals surface area contributed by atoms with E-state index in [0.717, 1.165) is 5.02 Å². The Labute approximate surface area is 109 Å². The fourth-order valence-corrected chi connectivity index (χ4v) is 1.50. The molecule has 0 amide bonds. The molecule has 0 radical (unpaired) electrons. The number of rotatable bonds is 1. The summed E-state index contributed by atoms with van der Waals surface area (Å²) in [5.74, 6) is 0.659. The van der Waals surface area contributed by atoms with Gasteiger partial charge in [-0.25, -0.2) is 0 Å². The van der Waals surface area contributed by atoms with Crippen LogP contribution in [0.15, 0.2) is 54.6 Å². The number of halogens is 1. The second-order valence-corrected chi connectivity index (χ2v) is 4.80. The minimum Gasteiger partial charge on any atom is -0.0843 e. The average molecular weight is 247 g/mol. The molecule has 0 aliphatic rings. The van der Waals surface area contributed by atoms with Gasteiger partial charge in [0.25, 0.3) is 0 Å². The van der Waals surface area contributed by atoms with Gasteiger partial charge in [-0.05, 0) is 30.5 Å². The summed E-state index contributed by atoms with van der Waals surface area (Å²) in [7, 11) is 0. The van der Waals surface area contributed by atoms with Gasteiger partial charge >= 0.3 is 0 Å². The van der Waals surface area contributed by atoms with Crippen LogP contribution < -0.4 is 0 Å². The van der Waals surface area contributed by atoms with Crippen LogP contribution in [-0.4, -0.2) is 0 Å². The molecule has 0 bridgehead atoms. The zero-order chi connectivity index (χ0) is 12.7. The molecule has 0 unspecified atom stereocenters. The van der Waals surface area contributed by atoms with Crippen LogP contribution in [0.4, 0.5) is 0 Å². The molecule has 0 fully saturated rings. The molecule has 17 heavy (non-hydrogen) atoms. The fourth-order valence-electron chi connectivity index (χ4n) is 1.37. The van der Waals surface area contributed by atoms with Crippen LogP contribution in [0.5, 0.6) is 0 Å². The Morgan fingerprint density at radius 2 is 1.35 bits per heavy atom. The lowest BCUT2D eigenvalue weighted by atomic mass is 10.0. The van der Waals surface area contributed by atoms with Crippen molar-refractivity contribution >= 4 is 11.6 Å². The van der Waals surface area contributed by atoms with E-state index >= 15 is 0 Å². The Morgan fingerprint density at radius 1 is 0.824 bits per heavy atom. The van der Waals surface area contributed by atoms with E-state index in [4.69, 9.17) is 11.6 Å².